The predicted octanol–water partition coefficient (Wildman–Crippen LogP) is 5.50. The molecule has 10 atom stereocenters. The number of terminal acetylenes is 1. The third-order valence-electron chi connectivity index (χ3n) is 9.24. The van der Waals surface area contributed by atoms with Gasteiger partial charge in [0.25, 0.3) is 0 Å². The van der Waals surface area contributed by atoms with Crippen molar-refractivity contribution in [2.45, 2.75) is 113 Å². The standard InChI is InChI=1S/C39H52N2O7S3/c1-9-10-11-15-18-32(47-33-22-30(43)36(25(3)45-33)41-48-34-23-31(44)38(49-8)26(4)46-34)35-28(24(2)21-29(42)37(35)40-7)19-20-50-51-39(5,6)27-16-13-12-14-17-27/h1,10-14,16-17,19,24-26,30-34,36,38,40-41,43-44H,20-23H2,2-8H3/b11-10-,28-19-/t24?,25?,26?,30?,31-,32-,33?,34?,36+,38+/m0/s1. The summed E-state index contributed by atoms with van der Waals surface area (Å²) in [5, 5.41) is 24.9. The molecule has 1 aliphatic carbocycles. The van der Waals surface area contributed by atoms with E-state index in [2.05, 4.69) is 72.7 Å². The zero-order chi connectivity index (χ0) is 37.1. The van der Waals surface area contributed by atoms with Crippen molar-refractivity contribution < 1.29 is 34.1 Å². The van der Waals surface area contributed by atoms with Crippen LogP contribution < -0.4 is 10.8 Å². The van der Waals surface area contributed by atoms with Crippen LogP contribution in [0.25, 0.3) is 0 Å². The lowest BCUT2D eigenvalue weighted by atomic mass is 9.79. The lowest BCUT2D eigenvalue weighted by molar-refractivity contribution is -0.272. The first-order valence-corrected chi connectivity index (χ1v) is 20.9. The molecular formula is C39H52N2O7S3. The number of benzene rings is 1. The largest absolute Gasteiger partial charge is 0.392 e. The fourth-order valence-corrected chi connectivity index (χ4v) is 9.84. The van der Waals surface area contributed by atoms with Crippen molar-refractivity contribution in [3.8, 4) is 24.2 Å². The molecule has 0 bridgehead atoms. The van der Waals surface area contributed by atoms with Gasteiger partial charge in [0, 0.05) is 42.4 Å². The van der Waals surface area contributed by atoms with Crippen LogP contribution in [-0.4, -0.2) is 89.4 Å². The van der Waals surface area contributed by atoms with E-state index in [1.54, 1.807) is 46.5 Å². The summed E-state index contributed by atoms with van der Waals surface area (Å²) in [5.74, 6) is 9.21. The highest BCUT2D eigenvalue weighted by atomic mass is 33.1. The third-order valence-corrected chi connectivity index (χ3v) is 13.6. The molecule has 1 aromatic rings. The van der Waals surface area contributed by atoms with Gasteiger partial charge in [0.2, 0.25) is 0 Å². The van der Waals surface area contributed by atoms with Gasteiger partial charge in [0.05, 0.1) is 41.4 Å². The van der Waals surface area contributed by atoms with Crippen molar-refractivity contribution >= 4 is 39.1 Å². The average molecular weight is 757 g/mol. The first-order chi connectivity index (χ1) is 24.4. The van der Waals surface area contributed by atoms with Crippen LogP contribution in [0, 0.1) is 30.1 Å². The number of allylic oxidation sites excluding steroid dienone is 3. The molecule has 2 aliphatic heterocycles. The number of hydrogen-bond acceptors (Lipinski definition) is 12. The highest BCUT2D eigenvalue weighted by Crippen LogP contribution is 2.44. The molecule has 4 rings (SSSR count). The molecule has 9 nitrogen and oxygen atoms in total. The van der Waals surface area contributed by atoms with Gasteiger partial charge < -0.3 is 29.7 Å². The monoisotopic (exact) mass is 756 g/mol. The molecule has 0 spiro atoms. The third kappa shape index (κ3) is 11.2. The van der Waals surface area contributed by atoms with Gasteiger partial charge in [-0.05, 0) is 63.2 Å². The number of aliphatic hydroxyl groups excluding tert-OH is 2. The normalized spacial score (nSPS) is 31.6. The minimum atomic E-state index is -0.903. The summed E-state index contributed by atoms with van der Waals surface area (Å²) < 4.78 is 18.7. The van der Waals surface area contributed by atoms with E-state index in [9.17, 15) is 15.0 Å². The molecule has 2 fully saturated rings. The number of ether oxygens (including phenoxy) is 3. The van der Waals surface area contributed by atoms with Crippen LogP contribution >= 0.6 is 33.3 Å². The first-order valence-electron chi connectivity index (χ1n) is 17.3. The number of Topliss-reactive ketones (excluding diaryl/α,β-unsaturated/α-hetero) is 1. The first kappa shape index (κ1) is 41.6. The van der Waals surface area contributed by atoms with E-state index >= 15 is 0 Å². The van der Waals surface area contributed by atoms with Crippen molar-refractivity contribution in [3.05, 3.63) is 71.0 Å². The quantitative estimate of drug-likeness (QED) is 0.0882. The summed E-state index contributed by atoms with van der Waals surface area (Å²) in [6.45, 7) is 10.2. The number of thioether (sulfide) groups is 1. The van der Waals surface area contributed by atoms with Crippen molar-refractivity contribution in [2.75, 3.05) is 19.1 Å². The van der Waals surface area contributed by atoms with Crippen LogP contribution in [0.15, 0.2) is 65.4 Å². The molecule has 0 radical (unpaired) electrons. The van der Waals surface area contributed by atoms with E-state index in [0.29, 0.717) is 29.9 Å². The van der Waals surface area contributed by atoms with Crippen LogP contribution in [0.2, 0.25) is 0 Å². The number of carbonyl (C=O) groups excluding carboxylic acids is 1. The molecule has 0 amide bonds. The fraction of sp³-hybridized carbons (Fsp3) is 0.564. The molecule has 0 aromatic heterocycles. The molecule has 278 valence electrons. The van der Waals surface area contributed by atoms with Crippen LogP contribution in [0.1, 0.15) is 59.4 Å². The minimum Gasteiger partial charge on any atom is -0.392 e. The van der Waals surface area contributed by atoms with Crippen molar-refractivity contribution in [3.63, 3.8) is 0 Å². The second-order valence-corrected chi connectivity index (χ2v) is 17.4. The summed E-state index contributed by atoms with van der Waals surface area (Å²) in [4.78, 5) is 19.2. The smallest absolute Gasteiger partial charge is 0.180 e. The number of carbonyl (C=O) groups is 1. The van der Waals surface area contributed by atoms with Crippen molar-refractivity contribution in [1.82, 2.24) is 10.8 Å². The summed E-state index contributed by atoms with van der Waals surface area (Å²) in [7, 11) is 5.28. The SMILES string of the molecule is C#C/C=C\C#C[C@H](OC1CC(O)[C@H](NOC2C[C@H](O)[C@H](SC)C(C)O2)C(C)O1)C1=C(NC)C(=O)CC(C)/C1=C/CSSC(C)(C)c1ccccc1. The van der Waals surface area contributed by atoms with E-state index in [4.69, 9.17) is 25.5 Å². The minimum absolute atomic E-state index is 0.0217. The summed E-state index contributed by atoms with van der Waals surface area (Å²) >= 11 is 1.56. The zero-order valence-corrected chi connectivity index (χ0v) is 32.9. The maximum atomic E-state index is 13.4. The molecule has 0 saturated carbocycles. The van der Waals surface area contributed by atoms with Crippen LogP contribution in [0.3, 0.4) is 0 Å². The van der Waals surface area contributed by atoms with Gasteiger partial charge in [-0.3, -0.25) is 9.63 Å². The Morgan fingerprint density at radius 2 is 1.78 bits per heavy atom. The summed E-state index contributed by atoms with van der Waals surface area (Å²) in [6, 6.07) is 9.84. The molecule has 6 unspecified atom stereocenters. The predicted molar refractivity (Wildman–Crippen MR) is 208 cm³/mol. The second-order valence-electron chi connectivity index (χ2n) is 13.4. The van der Waals surface area contributed by atoms with Gasteiger partial charge >= 0.3 is 0 Å². The van der Waals surface area contributed by atoms with Gasteiger partial charge in [-0.1, -0.05) is 82.7 Å². The Bertz CT molecular complexity index is 1490. The molecule has 1 aromatic carbocycles. The van der Waals surface area contributed by atoms with E-state index in [1.807, 2.05) is 33.1 Å². The molecule has 2 heterocycles. The van der Waals surface area contributed by atoms with Crippen molar-refractivity contribution in [2.24, 2.45) is 5.92 Å². The van der Waals surface area contributed by atoms with E-state index in [-0.39, 0.29) is 34.2 Å². The van der Waals surface area contributed by atoms with E-state index in [1.165, 1.54) is 11.6 Å². The van der Waals surface area contributed by atoms with Gasteiger partial charge in [-0.15, -0.1) is 6.42 Å². The molecule has 12 heteroatoms. The van der Waals surface area contributed by atoms with Gasteiger partial charge in [-0.2, -0.15) is 17.2 Å². The Morgan fingerprint density at radius 3 is 2.43 bits per heavy atom. The summed E-state index contributed by atoms with van der Waals surface area (Å²) in [6.07, 6.45) is 8.80. The molecule has 51 heavy (non-hydrogen) atoms. The number of rotatable bonds is 13. The number of likely N-dealkylation sites (N-methyl/N-ethyl adjacent to an activating group) is 1. The van der Waals surface area contributed by atoms with Gasteiger partial charge in [0.15, 0.2) is 18.4 Å². The lowest BCUT2D eigenvalue weighted by Gasteiger charge is -2.41. The Morgan fingerprint density at radius 1 is 1.08 bits per heavy atom. The Balaban J connectivity index is 1.51. The number of hydroxylamine groups is 1. The van der Waals surface area contributed by atoms with E-state index < -0.39 is 43.0 Å². The van der Waals surface area contributed by atoms with Crippen molar-refractivity contribution in [1.29, 1.82) is 0 Å². The molecule has 2 saturated heterocycles. The van der Waals surface area contributed by atoms with E-state index in [0.717, 1.165) is 5.57 Å². The zero-order valence-electron chi connectivity index (χ0n) is 30.5. The number of aliphatic hydroxyl groups is 2. The average Bonchev–Trinajstić information content (AvgIpc) is 3.08. The van der Waals surface area contributed by atoms with Crippen LogP contribution in [-0.2, 0) is 28.6 Å². The highest BCUT2D eigenvalue weighted by molar-refractivity contribution is 8.77. The fourth-order valence-electron chi connectivity index (χ4n) is 6.54. The Hall–Kier alpha value is -2.20. The van der Waals surface area contributed by atoms with Gasteiger partial charge in [-0.25, -0.2) is 0 Å². The maximum absolute atomic E-state index is 13.4. The Labute approximate surface area is 315 Å². The lowest BCUT2D eigenvalue weighted by Crippen LogP contribution is -2.57. The van der Waals surface area contributed by atoms with Gasteiger partial charge in [0.1, 0.15) is 6.10 Å². The topological polar surface area (TPSA) is 119 Å². The maximum Gasteiger partial charge on any atom is 0.180 e. The number of nitrogens with one attached hydrogen (secondary N) is 2. The number of ketones is 1. The highest BCUT2D eigenvalue weighted by Gasteiger charge is 2.41. The molecular weight excluding hydrogens is 705 g/mol. The molecule has 4 N–H and O–H groups in total. The summed E-state index contributed by atoms with van der Waals surface area (Å²) in [5.41, 5.74) is 6.27. The van der Waals surface area contributed by atoms with Crippen LogP contribution in [0.5, 0.6) is 0 Å². The number of hydrogen-bond donors (Lipinski definition) is 4. The Kier molecular flexibility index (Phi) is 16.1. The van der Waals surface area contributed by atoms with Crippen LogP contribution in [0.4, 0.5) is 0 Å². The second kappa shape index (κ2) is 19.8. The molecule has 3 aliphatic rings.